The van der Waals surface area contributed by atoms with E-state index in [4.69, 9.17) is 5.73 Å². The molecule has 1 heterocycles. The monoisotopic (exact) mass is 350 g/mol. The molecule has 5 heteroatoms. The lowest BCUT2D eigenvalue weighted by Crippen LogP contribution is -2.47. The number of fused-ring (bicyclic) bond motifs is 1. The first-order valence-electron chi connectivity index (χ1n) is 8.91. The Morgan fingerprint density at radius 2 is 2.04 bits per heavy atom. The second-order valence-corrected chi connectivity index (χ2v) is 7.54. The van der Waals surface area contributed by atoms with E-state index in [-0.39, 0.29) is 5.54 Å². The fourth-order valence-corrected chi connectivity index (χ4v) is 3.82. The number of hydrogen-bond acceptors (Lipinski definition) is 3. The summed E-state index contributed by atoms with van der Waals surface area (Å²) in [5.41, 5.74) is 12.2. The minimum absolute atomic E-state index is 0.0748. The number of hydrazone groups is 1. The van der Waals surface area contributed by atoms with Crippen molar-refractivity contribution in [1.82, 2.24) is 5.43 Å². The summed E-state index contributed by atoms with van der Waals surface area (Å²) >= 11 is 0. The predicted octanol–water partition coefficient (Wildman–Crippen LogP) is 3.98. The van der Waals surface area contributed by atoms with Gasteiger partial charge in [0.15, 0.2) is 0 Å². The van der Waals surface area contributed by atoms with Gasteiger partial charge in [0, 0.05) is 17.8 Å². The first-order chi connectivity index (χ1) is 12.4. The molecule has 0 fully saturated rings. The summed E-state index contributed by atoms with van der Waals surface area (Å²) in [6, 6.07) is 16.2. The van der Waals surface area contributed by atoms with Gasteiger partial charge in [0.05, 0.1) is 6.21 Å². The molecule has 3 rings (SSSR count). The Morgan fingerprint density at radius 3 is 2.73 bits per heavy atom. The lowest BCUT2D eigenvalue weighted by Gasteiger charge is -2.47. The Morgan fingerprint density at radius 1 is 1.31 bits per heavy atom. The normalized spacial score (nSPS) is 18.6. The molecule has 1 atom stereocenters. The minimum atomic E-state index is -0.664. The van der Waals surface area contributed by atoms with Crippen molar-refractivity contribution in [3.8, 4) is 0 Å². The highest BCUT2D eigenvalue weighted by Crippen LogP contribution is 2.44. The van der Waals surface area contributed by atoms with Crippen LogP contribution < -0.4 is 16.1 Å². The van der Waals surface area contributed by atoms with Gasteiger partial charge in [-0.25, -0.2) is 10.2 Å². The van der Waals surface area contributed by atoms with Gasteiger partial charge >= 0.3 is 6.03 Å². The first-order valence-corrected chi connectivity index (χ1v) is 8.91. The van der Waals surface area contributed by atoms with Crippen molar-refractivity contribution in [2.75, 3.05) is 4.90 Å². The molecule has 1 aliphatic rings. The maximum atomic E-state index is 10.8. The molecule has 0 aromatic heterocycles. The van der Waals surface area contributed by atoms with Crippen molar-refractivity contribution in [3.63, 3.8) is 0 Å². The first kappa shape index (κ1) is 18.0. The SMILES string of the molecule is CC1CC(C)(C)N(Cc2ccccc2)c2ccc(C=NNC(N)=O)cc21. The molecule has 0 bridgehead atoms. The zero-order chi connectivity index (χ0) is 18.7. The van der Waals surface area contributed by atoms with Crippen LogP contribution in [-0.2, 0) is 6.54 Å². The topological polar surface area (TPSA) is 70.7 Å². The van der Waals surface area contributed by atoms with Gasteiger partial charge < -0.3 is 10.6 Å². The van der Waals surface area contributed by atoms with E-state index in [1.165, 1.54) is 16.8 Å². The molecule has 26 heavy (non-hydrogen) atoms. The van der Waals surface area contributed by atoms with Crippen molar-refractivity contribution < 1.29 is 4.79 Å². The number of nitrogens with zero attached hydrogens (tertiary/aromatic N) is 2. The molecule has 136 valence electrons. The van der Waals surface area contributed by atoms with Crippen LogP contribution in [0.15, 0.2) is 53.6 Å². The number of urea groups is 1. The summed E-state index contributed by atoms with van der Waals surface area (Å²) in [6.07, 6.45) is 2.70. The molecule has 2 aromatic carbocycles. The van der Waals surface area contributed by atoms with E-state index in [2.05, 4.69) is 72.6 Å². The Bertz CT molecular complexity index is 814. The molecule has 5 nitrogen and oxygen atoms in total. The molecular weight excluding hydrogens is 324 g/mol. The molecule has 0 spiro atoms. The van der Waals surface area contributed by atoms with Crippen LogP contribution in [0.1, 0.15) is 49.8 Å². The van der Waals surface area contributed by atoms with Gasteiger partial charge in [-0.15, -0.1) is 0 Å². The molecule has 1 aliphatic heterocycles. The Balaban J connectivity index is 1.93. The highest BCUT2D eigenvalue weighted by atomic mass is 16.2. The third-order valence-corrected chi connectivity index (χ3v) is 4.98. The van der Waals surface area contributed by atoms with E-state index in [0.29, 0.717) is 5.92 Å². The molecule has 3 N–H and O–H groups in total. The van der Waals surface area contributed by atoms with Gasteiger partial charge in [0.1, 0.15) is 0 Å². The van der Waals surface area contributed by atoms with Crippen LogP contribution in [0.4, 0.5) is 10.5 Å². The summed E-state index contributed by atoms with van der Waals surface area (Å²) in [4.78, 5) is 13.2. The lowest BCUT2D eigenvalue weighted by molar-refractivity contribution is 0.249. The molecule has 0 saturated carbocycles. The van der Waals surface area contributed by atoms with E-state index >= 15 is 0 Å². The number of anilines is 1. The fourth-order valence-electron chi connectivity index (χ4n) is 3.82. The second kappa shape index (κ2) is 7.20. The summed E-state index contributed by atoms with van der Waals surface area (Å²) in [5.74, 6) is 0.449. The number of benzene rings is 2. The number of amides is 2. The Kier molecular flexibility index (Phi) is 4.98. The summed E-state index contributed by atoms with van der Waals surface area (Å²) < 4.78 is 0. The number of rotatable bonds is 4. The average Bonchev–Trinajstić information content (AvgIpc) is 2.59. The van der Waals surface area contributed by atoms with Gasteiger partial charge in [-0.1, -0.05) is 43.3 Å². The van der Waals surface area contributed by atoms with E-state index in [1.807, 2.05) is 12.1 Å². The van der Waals surface area contributed by atoms with Crippen molar-refractivity contribution >= 4 is 17.9 Å². The van der Waals surface area contributed by atoms with Gasteiger partial charge in [-0.05, 0) is 55.0 Å². The smallest absolute Gasteiger partial charge is 0.332 e. The number of nitrogens with two attached hydrogens (primary N) is 1. The van der Waals surface area contributed by atoms with Crippen LogP contribution in [0.5, 0.6) is 0 Å². The lowest BCUT2D eigenvalue weighted by atomic mass is 9.79. The number of carbonyl (C=O) groups is 1. The fraction of sp³-hybridized carbons (Fsp3) is 0.333. The van der Waals surface area contributed by atoms with E-state index < -0.39 is 6.03 Å². The predicted molar refractivity (Wildman–Crippen MR) is 106 cm³/mol. The summed E-state index contributed by atoms with van der Waals surface area (Å²) in [6.45, 7) is 7.76. The minimum Gasteiger partial charge on any atom is -0.362 e. The maximum Gasteiger partial charge on any atom is 0.332 e. The summed E-state index contributed by atoms with van der Waals surface area (Å²) in [5, 5.41) is 3.87. The quantitative estimate of drug-likeness (QED) is 0.647. The number of hydrogen-bond donors (Lipinski definition) is 2. The highest BCUT2D eigenvalue weighted by Gasteiger charge is 2.36. The average molecular weight is 350 g/mol. The number of carbonyl (C=O) groups excluding carboxylic acids is 1. The largest absolute Gasteiger partial charge is 0.362 e. The molecule has 1 unspecified atom stereocenters. The standard InChI is InChI=1S/C21H26N4O/c1-15-12-21(2,3)25(14-16-7-5-4-6-8-16)19-10-9-17(11-18(15)19)13-23-24-20(22)26/h4-11,13,15H,12,14H2,1-3H3,(H3,22,24,26). The van der Waals surface area contributed by atoms with Crippen LogP contribution in [0, 0.1) is 0 Å². The van der Waals surface area contributed by atoms with Gasteiger partial charge in [-0.2, -0.15) is 5.10 Å². The van der Waals surface area contributed by atoms with Crippen molar-refractivity contribution in [2.45, 2.75) is 45.2 Å². The molecule has 2 amide bonds. The third-order valence-electron chi connectivity index (χ3n) is 4.98. The molecule has 2 aromatic rings. The second-order valence-electron chi connectivity index (χ2n) is 7.54. The van der Waals surface area contributed by atoms with E-state index in [9.17, 15) is 4.79 Å². The molecular formula is C21H26N4O. The van der Waals surface area contributed by atoms with E-state index in [1.54, 1.807) is 6.21 Å². The van der Waals surface area contributed by atoms with Gasteiger partial charge in [0.2, 0.25) is 0 Å². The Hall–Kier alpha value is -2.82. The zero-order valence-electron chi connectivity index (χ0n) is 15.6. The highest BCUT2D eigenvalue weighted by molar-refractivity contribution is 5.83. The van der Waals surface area contributed by atoms with Crippen LogP contribution in [0.2, 0.25) is 0 Å². The zero-order valence-corrected chi connectivity index (χ0v) is 15.6. The summed E-state index contributed by atoms with van der Waals surface area (Å²) in [7, 11) is 0. The van der Waals surface area contributed by atoms with Gasteiger partial charge in [0.25, 0.3) is 0 Å². The van der Waals surface area contributed by atoms with E-state index in [0.717, 1.165) is 18.5 Å². The van der Waals surface area contributed by atoms with Crippen LogP contribution in [0.3, 0.4) is 0 Å². The van der Waals surface area contributed by atoms with Crippen LogP contribution >= 0.6 is 0 Å². The van der Waals surface area contributed by atoms with Crippen molar-refractivity contribution in [2.24, 2.45) is 10.8 Å². The van der Waals surface area contributed by atoms with Crippen molar-refractivity contribution in [3.05, 3.63) is 65.2 Å². The molecule has 0 aliphatic carbocycles. The van der Waals surface area contributed by atoms with Gasteiger partial charge in [-0.3, -0.25) is 0 Å². The maximum absolute atomic E-state index is 10.8. The van der Waals surface area contributed by atoms with Crippen molar-refractivity contribution in [1.29, 1.82) is 0 Å². The molecule has 0 radical (unpaired) electrons. The molecule has 0 saturated heterocycles. The number of nitrogens with one attached hydrogen (secondary N) is 1. The van der Waals surface area contributed by atoms with Crippen LogP contribution in [-0.4, -0.2) is 17.8 Å². The Labute approximate surface area is 154 Å². The van der Waals surface area contributed by atoms with Crippen LogP contribution in [0.25, 0.3) is 0 Å². The number of primary amides is 1. The third kappa shape index (κ3) is 3.87.